The lowest BCUT2D eigenvalue weighted by Crippen LogP contribution is -2.42. The van der Waals surface area contributed by atoms with E-state index in [1.54, 1.807) is 12.4 Å². The van der Waals surface area contributed by atoms with Crippen LogP contribution in [0.3, 0.4) is 0 Å². The van der Waals surface area contributed by atoms with Crippen molar-refractivity contribution in [1.29, 1.82) is 0 Å². The number of hydrogen-bond donors (Lipinski definition) is 3. The Labute approximate surface area is 241 Å². The van der Waals surface area contributed by atoms with Crippen LogP contribution in [0.15, 0.2) is 49.1 Å². The fourth-order valence-electron chi connectivity index (χ4n) is 3.61. The molecule has 3 N–H and O–H groups in total. The number of carboxylic acids is 3. The predicted octanol–water partition coefficient (Wildman–Crippen LogP) is 4.19. The predicted molar refractivity (Wildman–Crippen MR) is 127 cm³/mol. The molecule has 0 bridgehead atoms. The zero-order valence-corrected chi connectivity index (χ0v) is 22.0. The van der Waals surface area contributed by atoms with Gasteiger partial charge in [-0.3, -0.25) is 14.9 Å². The van der Waals surface area contributed by atoms with E-state index in [2.05, 4.69) is 20.9 Å². The third kappa shape index (κ3) is 13.8. The van der Waals surface area contributed by atoms with Crippen LogP contribution >= 0.6 is 0 Å². The fraction of sp³-hybridized carbons (Fsp3) is 0.458. The quantitative estimate of drug-likeness (QED) is 0.407. The topological polar surface area (TPSA) is 159 Å². The van der Waals surface area contributed by atoms with Gasteiger partial charge in [0.15, 0.2) is 0 Å². The van der Waals surface area contributed by atoms with Crippen molar-refractivity contribution in [3.05, 3.63) is 54.6 Å². The van der Waals surface area contributed by atoms with Crippen LogP contribution < -0.4 is 4.74 Å². The number of nitrogens with zero attached hydrogens (tertiary/aromatic N) is 3. The van der Waals surface area contributed by atoms with Gasteiger partial charge in [0.1, 0.15) is 18.0 Å². The van der Waals surface area contributed by atoms with Gasteiger partial charge in [0.05, 0.1) is 6.20 Å². The number of carbonyl (C=O) groups is 3. The summed E-state index contributed by atoms with van der Waals surface area (Å²) < 4.78 is 107. The molecule has 0 unspecified atom stereocenters. The zero-order chi connectivity index (χ0) is 33.7. The van der Waals surface area contributed by atoms with Crippen molar-refractivity contribution >= 4 is 17.9 Å². The summed E-state index contributed by atoms with van der Waals surface area (Å²) in [6.45, 7) is 2.60. The summed E-state index contributed by atoms with van der Waals surface area (Å²) in [5, 5.41) is 21.4. The smallest absolute Gasteiger partial charge is 0.485 e. The second kappa shape index (κ2) is 16.6. The molecule has 0 spiro atoms. The van der Waals surface area contributed by atoms with E-state index in [1.165, 1.54) is 5.56 Å². The Balaban J connectivity index is 0.000000379. The number of rotatable bonds is 4. The first-order chi connectivity index (χ1) is 20.2. The third-order valence-electron chi connectivity index (χ3n) is 5.34. The molecule has 0 aromatic carbocycles. The molecule has 2 fully saturated rings. The van der Waals surface area contributed by atoms with Crippen molar-refractivity contribution in [2.24, 2.45) is 0 Å². The van der Waals surface area contributed by atoms with E-state index in [9.17, 15) is 39.5 Å². The summed E-state index contributed by atoms with van der Waals surface area (Å²) in [7, 11) is 0. The van der Waals surface area contributed by atoms with Gasteiger partial charge in [-0.05, 0) is 36.6 Å². The normalized spacial score (nSPS) is 19.8. The minimum Gasteiger partial charge on any atom is -0.485 e. The number of ether oxygens (including phenoxy) is 2. The number of fused-ring (bicyclic) bond motifs is 1. The van der Waals surface area contributed by atoms with Gasteiger partial charge in [0, 0.05) is 44.3 Å². The maximum Gasteiger partial charge on any atom is 0.490 e. The van der Waals surface area contributed by atoms with Crippen molar-refractivity contribution in [1.82, 2.24) is 14.9 Å². The molecule has 2 saturated heterocycles. The second-order valence-electron chi connectivity index (χ2n) is 8.59. The van der Waals surface area contributed by atoms with Gasteiger partial charge in [-0.15, -0.1) is 0 Å². The maximum atomic E-state index is 10.6. The van der Waals surface area contributed by atoms with Crippen LogP contribution in [0.5, 0.6) is 5.75 Å². The van der Waals surface area contributed by atoms with E-state index in [1.807, 2.05) is 30.6 Å². The molecule has 3 atom stereocenters. The highest BCUT2D eigenvalue weighted by Gasteiger charge is 2.45. The Bertz CT molecular complexity index is 1070. The highest BCUT2D eigenvalue weighted by Crippen LogP contribution is 2.32. The van der Waals surface area contributed by atoms with Crippen LogP contribution in [0, 0.1) is 0 Å². The Hall–Kier alpha value is -4.20. The molecule has 246 valence electrons. The summed E-state index contributed by atoms with van der Waals surface area (Å²) in [5.74, 6) is -7.46. The number of aliphatic carboxylic acids is 3. The van der Waals surface area contributed by atoms with Crippen LogP contribution in [-0.2, 0) is 25.7 Å². The molecule has 0 amide bonds. The molecule has 4 rings (SSSR count). The van der Waals surface area contributed by atoms with Gasteiger partial charge >= 0.3 is 36.4 Å². The molecule has 20 heteroatoms. The monoisotopic (exact) mass is 653 g/mol. The lowest BCUT2D eigenvalue weighted by molar-refractivity contribution is -0.193. The van der Waals surface area contributed by atoms with E-state index in [0.717, 1.165) is 38.3 Å². The highest BCUT2D eigenvalue weighted by molar-refractivity contribution is 5.73. The molecule has 0 aliphatic carbocycles. The first-order valence-corrected chi connectivity index (χ1v) is 11.9. The van der Waals surface area contributed by atoms with Gasteiger partial charge in [-0.25, -0.2) is 14.4 Å². The average molecular weight is 653 g/mol. The minimum absolute atomic E-state index is 0.0566. The van der Waals surface area contributed by atoms with Crippen LogP contribution in [0.1, 0.15) is 18.4 Å². The van der Waals surface area contributed by atoms with E-state index >= 15 is 0 Å². The number of hydrogen-bond acceptors (Lipinski definition) is 8. The highest BCUT2D eigenvalue weighted by atomic mass is 19.4. The molecule has 2 aliphatic rings. The molecule has 2 aromatic rings. The standard InChI is InChI=1S/C18H21N3O2.3C2HF3O2/c1-4-14(10-19-7-1)12-21-13-17(18-16(21)6-3-9-22-18)23-15-5-2-8-20-11-15;3*3-2(4,5)1(6)7/h1-2,4-5,7-8,10-11,16-18H,3,6,9,12-13H2;3*(H,6,7)/t16-,17-,18-;;;/m0.../s1. The van der Waals surface area contributed by atoms with Crippen molar-refractivity contribution < 1.29 is 78.7 Å². The van der Waals surface area contributed by atoms with Crippen LogP contribution in [-0.4, -0.2) is 98.0 Å². The van der Waals surface area contributed by atoms with Crippen LogP contribution in [0.2, 0.25) is 0 Å². The van der Waals surface area contributed by atoms with Crippen LogP contribution in [0.25, 0.3) is 0 Å². The summed E-state index contributed by atoms with van der Waals surface area (Å²) in [6.07, 6.45) is -5.50. The van der Waals surface area contributed by atoms with Crippen molar-refractivity contribution in [3.63, 3.8) is 0 Å². The zero-order valence-electron chi connectivity index (χ0n) is 22.0. The fourth-order valence-corrected chi connectivity index (χ4v) is 3.61. The summed E-state index contributed by atoms with van der Waals surface area (Å²) in [6, 6.07) is 8.39. The van der Waals surface area contributed by atoms with Gasteiger partial charge in [-0.1, -0.05) is 6.07 Å². The molecule has 2 aromatic heterocycles. The Morgan fingerprint density at radius 3 is 1.73 bits per heavy atom. The lowest BCUT2D eigenvalue weighted by Gasteiger charge is -2.32. The Morgan fingerprint density at radius 2 is 1.32 bits per heavy atom. The van der Waals surface area contributed by atoms with Crippen molar-refractivity contribution in [2.45, 2.75) is 56.2 Å². The maximum absolute atomic E-state index is 10.6. The summed E-state index contributed by atoms with van der Waals surface area (Å²) in [5.41, 5.74) is 1.24. The number of carboxylic acid groups (broad SMARTS) is 3. The van der Waals surface area contributed by atoms with Crippen LogP contribution in [0.4, 0.5) is 39.5 Å². The van der Waals surface area contributed by atoms with Gasteiger partial charge in [0.2, 0.25) is 0 Å². The van der Waals surface area contributed by atoms with Crippen molar-refractivity contribution in [2.75, 3.05) is 13.2 Å². The van der Waals surface area contributed by atoms with E-state index in [4.69, 9.17) is 39.2 Å². The summed E-state index contributed by atoms with van der Waals surface area (Å²) >= 11 is 0. The molecular formula is C24H24F9N3O8. The average Bonchev–Trinajstić information content (AvgIpc) is 3.26. The molecule has 0 radical (unpaired) electrons. The lowest BCUT2D eigenvalue weighted by atomic mass is 10.0. The minimum atomic E-state index is -5.08. The first kappa shape index (κ1) is 37.8. The largest absolute Gasteiger partial charge is 0.490 e. The van der Waals surface area contributed by atoms with E-state index in [0.29, 0.717) is 6.04 Å². The Morgan fingerprint density at radius 1 is 0.841 bits per heavy atom. The van der Waals surface area contributed by atoms with Gasteiger partial charge in [0.25, 0.3) is 0 Å². The van der Waals surface area contributed by atoms with Gasteiger partial charge in [-0.2, -0.15) is 39.5 Å². The SMILES string of the molecule is O=C(O)C(F)(F)F.O=C(O)C(F)(F)F.O=C(O)C(F)(F)F.c1cncc(CN2C[C@H](Oc3cccnc3)[C@H]3OCCC[C@@H]32)c1. The third-order valence-corrected chi connectivity index (χ3v) is 5.34. The number of alkyl halides is 9. The van der Waals surface area contributed by atoms with E-state index in [-0.39, 0.29) is 12.2 Å². The molecule has 11 nitrogen and oxygen atoms in total. The Kier molecular flexibility index (Phi) is 14.3. The molecule has 0 saturated carbocycles. The number of likely N-dealkylation sites (tertiary alicyclic amines) is 1. The first-order valence-electron chi connectivity index (χ1n) is 11.9. The molecule has 44 heavy (non-hydrogen) atoms. The number of halogens is 9. The second-order valence-corrected chi connectivity index (χ2v) is 8.59. The van der Waals surface area contributed by atoms with Crippen molar-refractivity contribution in [3.8, 4) is 5.75 Å². The number of pyridine rings is 2. The molecule has 2 aliphatic heterocycles. The number of aromatic nitrogens is 2. The molecular weight excluding hydrogens is 629 g/mol. The van der Waals surface area contributed by atoms with Gasteiger partial charge < -0.3 is 24.8 Å². The van der Waals surface area contributed by atoms with E-state index < -0.39 is 36.4 Å². The summed E-state index contributed by atoms with van der Waals surface area (Å²) in [4.78, 5) is 37.5. The molecule has 4 heterocycles.